The lowest BCUT2D eigenvalue weighted by atomic mass is 9.96. The first-order chi connectivity index (χ1) is 13.0. The van der Waals surface area contributed by atoms with E-state index in [1.54, 1.807) is 4.90 Å². The number of aromatic nitrogens is 2. The maximum absolute atomic E-state index is 13.1. The summed E-state index contributed by atoms with van der Waals surface area (Å²) in [6.45, 7) is 3.77. The molecule has 0 aliphatic carbocycles. The smallest absolute Gasteiger partial charge is 0.272 e. The molecule has 0 radical (unpaired) electrons. The number of fused-ring (bicyclic) bond motifs is 1. The summed E-state index contributed by atoms with van der Waals surface area (Å²) >= 11 is 1.49. The van der Waals surface area contributed by atoms with Crippen LogP contribution >= 0.6 is 11.3 Å². The number of thiazole rings is 1. The van der Waals surface area contributed by atoms with Gasteiger partial charge in [-0.05, 0) is 26.2 Å². The summed E-state index contributed by atoms with van der Waals surface area (Å²) in [6, 6.07) is -0.454. The molecule has 0 saturated carbocycles. The minimum absolute atomic E-state index is 0.0580. The van der Waals surface area contributed by atoms with Gasteiger partial charge in [-0.25, -0.2) is 4.98 Å². The van der Waals surface area contributed by atoms with Crippen LogP contribution in [0.2, 0.25) is 0 Å². The van der Waals surface area contributed by atoms with Crippen molar-refractivity contribution in [1.82, 2.24) is 19.6 Å². The van der Waals surface area contributed by atoms with Gasteiger partial charge < -0.3 is 20.1 Å². The summed E-state index contributed by atoms with van der Waals surface area (Å²) in [6.07, 6.45) is 3.03. The predicted octanol–water partition coefficient (Wildman–Crippen LogP) is 0.822. The Morgan fingerprint density at radius 2 is 2.11 bits per heavy atom. The lowest BCUT2D eigenvalue weighted by molar-refractivity contribution is -0.130. The number of carbonyl (C=O) groups is 2. The molecule has 2 N–H and O–H groups in total. The summed E-state index contributed by atoms with van der Waals surface area (Å²) in [5.41, 5.74) is 1.25. The van der Waals surface area contributed by atoms with Crippen LogP contribution < -0.4 is 5.32 Å². The number of piperidine rings is 1. The molecule has 0 spiro atoms. The minimum atomic E-state index is -0.648. The standard InChI is InChI=1S/C18H24N4O4S/c1-11-15(22-6-9-27-18(22)19-11)17(25)21-5-2-14(23)13(10-21)20-16(24)12-3-7-26-8-4-12/h6,9,12-14,23H,2-5,7-8,10H2,1H3,(H,20,24)/t13-,14-/m1/s1. The highest BCUT2D eigenvalue weighted by Gasteiger charge is 2.34. The number of likely N-dealkylation sites (tertiary alicyclic amines) is 1. The predicted molar refractivity (Wildman–Crippen MR) is 99.8 cm³/mol. The zero-order valence-electron chi connectivity index (χ0n) is 15.3. The number of rotatable bonds is 3. The van der Waals surface area contributed by atoms with Gasteiger partial charge in [0.2, 0.25) is 5.91 Å². The van der Waals surface area contributed by atoms with E-state index < -0.39 is 12.1 Å². The van der Waals surface area contributed by atoms with Crippen molar-refractivity contribution >= 4 is 28.1 Å². The zero-order chi connectivity index (χ0) is 19.0. The summed E-state index contributed by atoms with van der Waals surface area (Å²) in [4.78, 5) is 32.5. The van der Waals surface area contributed by atoms with Gasteiger partial charge in [0.15, 0.2) is 4.96 Å². The van der Waals surface area contributed by atoms with Gasteiger partial charge in [-0.15, -0.1) is 11.3 Å². The van der Waals surface area contributed by atoms with Crippen molar-refractivity contribution in [3.05, 3.63) is 23.0 Å². The third kappa shape index (κ3) is 3.59. The fourth-order valence-corrected chi connectivity index (χ4v) is 4.59. The van der Waals surface area contributed by atoms with Gasteiger partial charge in [-0.2, -0.15) is 0 Å². The highest BCUT2D eigenvalue weighted by atomic mass is 32.1. The zero-order valence-corrected chi connectivity index (χ0v) is 16.1. The molecule has 0 bridgehead atoms. The van der Waals surface area contributed by atoms with E-state index in [2.05, 4.69) is 10.3 Å². The molecule has 2 aliphatic rings. The lowest BCUT2D eigenvalue weighted by Gasteiger charge is -2.37. The van der Waals surface area contributed by atoms with E-state index in [9.17, 15) is 14.7 Å². The number of imidazole rings is 1. The number of carbonyl (C=O) groups excluding carboxylic acids is 2. The molecular formula is C18H24N4O4S. The average Bonchev–Trinajstić information content (AvgIpc) is 3.23. The van der Waals surface area contributed by atoms with Gasteiger partial charge in [0.25, 0.3) is 5.91 Å². The molecule has 2 saturated heterocycles. The van der Waals surface area contributed by atoms with E-state index in [1.807, 2.05) is 22.9 Å². The van der Waals surface area contributed by atoms with Crippen LogP contribution in [-0.4, -0.2) is 69.7 Å². The van der Waals surface area contributed by atoms with Crippen molar-refractivity contribution in [3.63, 3.8) is 0 Å². The topological polar surface area (TPSA) is 96.2 Å². The van der Waals surface area contributed by atoms with Crippen LogP contribution in [0.1, 0.15) is 35.4 Å². The second-order valence-electron chi connectivity index (χ2n) is 7.21. The number of hydrogen-bond acceptors (Lipinski definition) is 6. The van der Waals surface area contributed by atoms with Crippen LogP contribution in [0.5, 0.6) is 0 Å². The van der Waals surface area contributed by atoms with E-state index >= 15 is 0 Å². The number of aliphatic hydroxyl groups excluding tert-OH is 1. The van der Waals surface area contributed by atoms with Gasteiger partial charge in [0.05, 0.1) is 17.8 Å². The minimum Gasteiger partial charge on any atom is -0.391 e. The van der Waals surface area contributed by atoms with Gasteiger partial charge in [-0.1, -0.05) is 0 Å². The largest absolute Gasteiger partial charge is 0.391 e. The third-order valence-electron chi connectivity index (χ3n) is 5.42. The van der Waals surface area contributed by atoms with Gasteiger partial charge >= 0.3 is 0 Å². The van der Waals surface area contributed by atoms with Crippen LogP contribution in [0.3, 0.4) is 0 Å². The molecular weight excluding hydrogens is 368 g/mol. The maximum Gasteiger partial charge on any atom is 0.272 e. The Morgan fingerprint density at radius 1 is 1.33 bits per heavy atom. The number of nitrogens with one attached hydrogen (secondary N) is 1. The molecule has 2 amide bonds. The second kappa shape index (κ2) is 7.57. The Morgan fingerprint density at radius 3 is 2.89 bits per heavy atom. The van der Waals surface area contributed by atoms with E-state index in [4.69, 9.17) is 4.74 Å². The highest BCUT2D eigenvalue weighted by molar-refractivity contribution is 7.15. The molecule has 2 aliphatic heterocycles. The molecule has 0 aromatic carbocycles. The summed E-state index contributed by atoms with van der Waals surface area (Å²) < 4.78 is 7.11. The van der Waals surface area contributed by atoms with Crippen LogP contribution in [0.15, 0.2) is 11.6 Å². The second-order valence-corrected chi connectivity index (χ2v) is 8.08. The Hall–Kier alpha value is -1.97. The molecule has 0 unspecified atom stereocenters. The molecule has 2 aromatic rings. The first kappa shape index (κ1) is 18.4. The van der Waals surface area contributed by atoms with E-state index in [0.29, 0.717) is 57.0 Å². The Labute approximate surface area is 161 Å². The average molecular weight is 392 g/mol. The fraction of sp³-hybridized carbons (Fsp3) is 0.611. The first-order valence-corrected chi connectivity index (χ1v) is 10.2. The fourth-order valence-electron chi connectivity index (χ4n) is 3.83. The van der Waals surface area contributed by atoms with Crippen molar-refractivity contribution in [2.45, 2.75) is 38.3 Å². The molecule has 4 rings (SSSR count). The number of hydrogen-bond donors (Lipinski definition) is 2. The number of nitrogens with zero attached hydrogens (tertiary/aromatic N) is 3. The monoisotopic (exact) mass is 392 g/mol. The molecule has 2 atom stereocenters. The third-order valence-corrected chi connectivity index (χ3v) is 6.18. The molecule has 8 nitrogen and oxygen atoms in total. The van der Waals surface area contributed by atoms with E-state index in [1.165, 1.54) is 11.3 Å². The summed E-state index contributed by atoms with van der Waals surface area (Å²) in [5, 5.41) is 15.2. The maximum atomic E-state index is 13.1. The molecule has 27 heavy (non-hydrogen) atoms. The van der Waals surface area contributed by atoms with Gasteiger partial charge in [0, 0.05) is 43.8 Å². The number of amides is 2. The van der Waals surface area contributed by atoms with Crippen LogP contribution in [-0.2, 0) is 9.53 Å². The first-order valence-electron chi connectivity index (χ1n) is 9.32. The molecule has 9 heteroatoms. The molecule has 2 aromatic heterocycles. The van der Waals surface area contributed by atoms with Crippen LogP contribution in [0.4, 0.5) is 0 Å². The number of aryl methyl sites for hydroxylation is 1. The summed E-state index contributed by atoms with van der Waals surface area (Å²) in [7, 11) is 0. The highest BCUT2D eigenvalue weighted by Crippen LogP contribution is 2.22. The normalized spacial score (nSPS) is 24.3. The Bertz CT molecular complexity index is 842. The van der Waals surface area contributed by atoms with Crippen LogP contribution in [0, 0.1) is 12.8 Å². The van der Waals surface area contributed by atoms with E-state index in [-0.39, 0.29) is 17.7 Å². The SMILES string of the molecule is Cc1nc2sccn2c1C(=O)N1CC[C@@H](O)[C@H](NC(=O)C2CCOCC2)C1. The quantitative estimate of drug-likeness (QED) is 0.806. The van der Waals surface area contributed by atoms with Crippen molar-refractivity contribution in [2.24, 2.45) is 5.92 Å². The lowest BCUT2D eigenvalue weighted by Crippen LogP contribution is -2.57. The Balaban J connectivity index is 1.46. The van der Waals surface area contributed by atoms with Crippen molar-refractivity contribution in [3.8, 4) is 0 Å². The molecule has 4 heterocycles. The molecule has 2 fully saturated rings. The van der Waals surface area contributed by atoms with Crippen molar-refractivity contribution in [1.29, 1.82) is 0 Å². The van der Waals surface area contributed by atoms with E-state index in [0.717, 1.165) is 4.96 Å². The molecule has 146 valence electrons. The Kier molecular flexibility index (Phi) is 5.16. The van der Waals surface area contributed by atoms with Crippen molar-refractivity contribution < 1.29 is 19.4 Å². The van der Waals surface area contributed by atoms with Gasteiger partial charge in [-0.3, -0.25) is 14.0 Å². The van der Waals surface area contributed by atoms with Crippen LogP contribution in [0.25, 0.3) is 4.96 Å². The van der Waals surface area contributed by atoms with Crippen molar-refractivity contribution in [2.75, 3.05) is 26.3 Å². The summed E-state index contributed by atoms with van der Waals surface area (Å²) in [5.74, 6) is -0.257. The number of ether oxygens (including phenoxy) is 1. The van der Waals surface area contributed by atoms with Gasteiger partial charge in [0.1, 0.15) is 5.69 Å². The number of aliphatic hydroxyl groups is 1.